The number of carbonyl (C=O) groups is 1. The van der Waals surface area contributed by atoms with Crippen LogP contribution < -0.4 is 25.7 Å². The number of rotatable bonds is 9. The molecule has 7 nitrogen and oxygen atoms in total. The van der Waals surface area contributed by atoms with Crippen LogP contribution >= 0.6 is 0 Å². The average Bonchev–Trinajstić information content (AvgIpc) is 2.90. The highest BCUT2D eigenvalue weighted by molar-refractivity contribution is 5.92. The van der Waals surface area contributed by atoms with Crippen LogP contribution in [0, 0.1) is 5.82 Å². The minimum absolute atomic E-state index is 0.235. The largest absolute Gasteiger partial charge is 0.493 e. The SMILES string of the molecule is CCc1ccc(NCc2cc3cc(OC)c(OC)cc3n(CC(=O)Nc3ccc(F)cc3)c2=O)cc1. The van der Waals surface area contributed by atoms with E-state index in [2.05, 4.69) is 17.6 Å². The van der Waals surface area contributed by atoms with Crippen LogP contribution in [0.25, 0.3) is 10.9 Å². The number of aromatic nitrogens is 1. The summed E-state index contributed by atoms with van der Waals surface area (Å²) in [5.74, 6) is 0.139. The van der Waals surface area contributed by atoms with Crippen molar-refractivity contribution in [1.29, 1.82) is 0 Å². The number of fused-ring (bicyclic) bond motifs is 1. The summed E-state index contributed by atoms with van der Waals surface area (Å²) in [4.78, 5) is 26.4. The zero-order valence-electron chi connectivity index (χ0n) is 20.4. The van der Waals surface area contributed by atoms with Crippen molar-refractivity contribution in [3.05, 3.63) is 94.0 Å². The normalized spacial score (nSPS) is 10.8. The van der Waals surface area contributed by atoms with Crippen LogP contribution in [0.2, 0.25) is 0 Å². The van der Waals surface area contributed by atoms with Crippen LogP contribution in [0.3, 0.4) is 0 Å². The highest BCUT2D eigenvalue weighted by Gasteiger charge is 2.16. The second kappa shape index (κ2) is 10.9. The molecule has 0 fully saturated rings. The standard InChI is InChI=1S/C28H28FN3O4/c1-4-18-5-9-22(10-6-18)30-16-20-13-19-14-25(35-2)26(36-3)15-24(19)32(28(20)34)17-27(33)31-23-11-7-21(29)8-12-23/h5-15,30H,4,16-17H2,1-3H3,(H,31,33). The van der Waals surface area contributed by atoms with Crippen molar-refractivity contribution in [2.45, 2.75) is 26.4 Å². The number of anilines is 2. The van der Waals surface area contributed by atoms with Crippen LogP contribution in [0.5, 0.6) is 11.5 Å². The van der Waals surface area contributed by atoms with Gasteiger partial charge in [0.1, 0.15) is 12.4 Å². The van der Waals surface area contributed by atoms with Gasteiger partial charge in [0.15, 0.2) is 11.5 Å². The van der Waals surface area contributed by atoms with Gasteiger partial charge in [0.2, 0.25) is 5.91 Å². The predicted molar refractivity (Wildman–Crippen MR) is 139 cm³/mol. The fourth-order valence-electron chi connectivity index (χ4n) is 3.98. The molecule has 0 spiro atoms. The maximum Gasteiger partial charge on any atom is 0.256 e. The second-order valence-electron chi connectivity index (χ2n) is 8.29. The van der Waals surface area contributed by atoms with Crippen LogP contribution in [0.1, 0.15) is 18.1 Å². The molecule has 0 bridgehead atoms. The molecule has 1 heterocycles. The Bertz CT molecular complexity index is 1430. The molecule has 0 atom stereocenters. The number of benzene rings is 3. The molecule has 3 aromatic carbocycles. The molecule has 0 aliphatic heterocycles. The lowest BCUT2D eigenvalue weighted by Crippen LogP contribution is -2.30. The van der Waals surface area contributed by atoms with Crippen LogP contribution in [-0.4, -0.2) is 24.7 Å². The number of ether oxygens (including phenoxy) is 2. The monoisotopic (exact) mass is 489 g/mol. The number of pyridine rings is 1. The third-order valence-corrected chi connectivity index (χ3v) is 5.95. The first-order chi connectivity index (χ1) is 17.4. The molecule has 2 N–H and O–H groups in total. The van der Waals surface area contributed by atoms with E-state index in [-0.39, 0.29) is 18.6 Å². The molecule has 0 saturated carbocycles. The third-order valence-electron chi connectivity index (χ3n) is 5.95. The van der Waals surface area contributed by atoms with Crippen LogP contribution in [-0.2, 0) is 24.3 Å². The number of methoxy groups -OCH3 is 2. The van der Waals surface area contributed by atoms with E-state index in [0.29, 0.717) is 28.3 Å². The van der Waals surface area contributed by atoms with E-state index < -0.39 is 11.7 Å². The van der Waals surface area contributed by atoms with Gasteiger partial charge in [-0.3, -0.25) is 14.2 Å². The van der Waals surface area contributed by atoms with Crippen molar-refractivity contribution < 1.29 is 18.7 Å². The lowest BCUT2D eigenvalue weighted by atomic mass is 10.1. The number of nitrogens with zero attached hydrogens (tertiary/aromatic N) is 1. The molecule has 1 aromatic heterocycles. The Morgan fingerprint density at radius 2 is 1.56 bits per heavy atom. The number of nitrogens with one attached hydrogen (secondary N) is 2. The zero-order valence-corrected chi connectivity index (χ0v) is 20.4. The Kier molecular flexibility index (Phi) is 7.53. The summed E-state index contributed by atoms with van der Waals surface area (Å²) in [6.45, 7) is 2.13. The van der Waals surface area contributed by atoms with Gasteiger partial charge in [-0.25, -0.2) is 4.39 Å². The zero-order chi connectivity index (χ0) is 25.7. The molecule has 0 aliphatic rings. The number of amides is 1. The fraction of sp³-hybridized carbons (Fsp3) is 0.214. The number of carbonyl (C=O) groups excluding carboxylic acids is 1. The first-order valence-electron chi connectivity index (χ1n) is 11.6. The van der Waals surface area contributed by atoms with Crippen LogP contribution in [0.4, 0.5) is 15.8 Å². The van der Waals surface area contributed by atoms with E-state index in [1.54, 1.807) is 18.2 Å². The Hall–Kier alpha value is -4.33. The molecule has 4 rings (SSSR count). The highest BCUT2D eigenvalue weighted by Crippen LogP contribution is 2.32. The van der Waals surface area contributed by atoms with Crippen molar-refractivity contribution in [3.8, 4) is 11.5 Å². The topological polar surface area (TPSA) is 81.6 Å². The Labute approximate surface area is 208 Å². The molecule has 36 heavy (non-hydrogen) atoms. The molecule has 0 radical (unpaired) electrons. The lowest BCUT2D eigenvalue weighted by molar-refractivity contribution is -0.116. The molecular weight excluding hydrogens is 461 g/mol. The molecule has 0 aliphatic carbocycles. The van der Waals surface area contributed by atoms with Gasteiger partial charge in [0.05, 0.1) is 19.7 Å². The first-order valence-corrected chi connectivity index (χ1v) is 11.6. The Balaban J connectivity index is 1.70. The van der Waals surface area contributed by atoms with Gasteiger partial charge in [-0.15, -0.1) is 0 Å². The van der Waals surface area contributed by atoms with Gasteiger partial charge in [0, 0.05) is 34.9 Å². The van der Waals surface area contributed by atoms with E-state index in [0.717, 1.165) is 17.5 Å². The molecule has 0 unspecified atom stereocenters. The third kappa shape index (κ3) is 5.49. The molecule has 4 aromatic rings. The van der Waals surface area contributed by atoms with Gasteiger partial charge >= 0.3 is 0 Å². The van der Waals surface area contributed by atoms with Crippen LogP contribution in [0.15, 0.2) is 71.5 Å². The van der Waals surface area contributed by atoms with Gasteiger partial charge in [-0.2, -0.15) is 0 Å². The summed E-state index contributed by atoms with van der Waals surface area (Å²) in [6.07, 6.45) is 0.945. The lowest BCUT2D eigenvalue weighted by Gasteiger charge is -2.16. The van der Waals surface area contributed by atoms with E-state index in [1.807, 2.05) is 24.3 Å². The summed E-state index contributed by atoms with van der Waals surface area (Å²) in [7, 11) is 3.05. The summed E-state index contributed by atoms with van der Waals surface area (Å²) in [6, 6.07) is 18.7. The van der Waals surface area contributed by atoms with Gasteiger partial charge in [-0.05, 0) is 60.5 Å². The summed E-state index contributed by atoms with van der Waals surface area (Å²) < 4.78 is 25.5. The number of hydrogen-bond donors (Lipinski definition) is 2. The van der Waals surface area contributed by atoms with Crippen molar-refractivity contribution >= 4 is 28.2 Å². The quantitative estimate of drug-likeness (QED) is 0.347. The molecular formula is C28H28FN3O4. The maximum atomic E-state index is 13.5. The minimum atomic E-state index is -0.417. The summed E-state index contributed by atoms with van der Waals surface area (Å²) in [5.41, 5.74) is 3.27. The van der Waals surface area contributed by atoms with Crippen molar-refractivity contribution in [3.63, 3.8) is 0 Å². The van der Waals surface area contributed by atoms with Crippen molar-refractivity contribution in [2.75, 3.05) is 24.9 Å². The van der Waals surface area contributed by atoms with Crippen molar-refractivity contribution in [1.82, 2.24) is 4.57 Å². The molecule has 1 amide bonds. The second-order valence-corrected chi connectivity index (χ2v) is 8.29. The van der Waals surface area contributed by atoms with E-state index in [1.165, 1.54) is 48.6 Å². The highest BCUT2D eigenvalue weighted by atomic mass is 19.1. The number of aryl methyl sites for hydroxylation is 1. The minimum Gasteiger partial charge on any atom is -0.493 e. The summed E-state index contributed by atoms with van der Waals surface area (Å²) >= 11 is 0. The average molecular weight is 490 g/mol. The first kappa shape index (κ1) is 24.8. The number of hydrogen-bond acceptors (Lipinski definition) is 5. The van der Waals surface area contributed by atoms with E-state index in [9.17, 15) is 14.0 Å². The molecule has 186 valence electrons. The van der Waals surface area contributed by atoms with Gasteiger partial charge < -0.3 is 20.1 Å². The van der Waals surface area contributed by atoms with Crippen molar-refractivity contribution in [2.24, 2.45) is 0 Å². The van der Waals surface area contributed by atoms with E-state index in [4.69, 9.17) is 9.47 Å². The van der Waals surface area contributed by atoms with Gasteiger partial charge in [-0.1, -0.05) is 19.1 Å². The maximum absolute atomic E-state index is 13.5. The Morgan fingerprint density at radius 3 is 2.19 bits per heavy atom. The smallest absolute Gasteiger partial charge is 0.256 e. The summed E-state index contributed by atoms with van der Waals surface area (Å²) in [5, 5.41) is 6.72. The fourth-order valence-corrected chi connectivity index (χ4v) is 3.98. The molecule has 0 saturated heterocycles. The predicted octanol–water partition coefficient (Wildman–Crippen LogP) is 4.97. The van der Waals surface area contributed by atoms with Gasteiger partial charge in [0.25, 0.3) is 5.56 Å². The van der Waals surface area contributed by atoms with E-state index >= 15 is 0 Å². The molecule has 8 heteroatoms. The number of halogens is 1. The Morgan fingerprint density at radius 1 is 0.917 bits per heavy atom.